The molecule has 0 aliphatic heterocycles. The number of rotatable bonds is 6. The second-order valence-corrected chi connectivity index (χ2v) is 4.11. The van der Waals surface area contributed by atoms with Gasteiger partial charge in [0.25, 0.3) is 0 Å². The summed E-state index contributed by atoms with van der Waals surface area (Å²) in [5.41, 5.74) is 1.08. The van der Waals surface area contributed by atoms with E-state index in [1.807, 2.05) is 23.9 Å². The van der Waals surface area contributed by atoms with Gasteiger partial charge in [0.1, 0.15) is 0 Å². The van der Waals surface area contributed by atoms with Crippen molar-refractivity contribution < 1.29 is 4.74 Å². The predicted molar refractivity (Wildman–Crippen MR) is 60.7 cm³/mol. The Morgan fingerprint density at radius 2 is 2.20 bits per heavy atom. The topological polar surface area (TPSA) is 39.1 Å². The number of hydrogen-bond donors (Lipinski definition) is 1. The normalized spacial score (nSPS) is 13.4. The molecule has 0 saturated carbocycles. The smallest absolute Gasteiger partial charge is 0.0762 e. The number of methoxy groups -OCH3 is 1. The molecule has 0 saturated heterocycles. The lowest BCUT2D eigenvalue weighted by Crippen LogP contribution is -2.22. The van der Waals surface area contributed by atoms with Gasteiger partial charge in [-0.2, -0.15) is 5.10 Å². The van der Waals surface area contributed by atoms with Gasteiger partial charge < -0.3 is 10.1 Å². The van der Waals surface area contributed by atoms with Crippen LogP contribution in [-0.2, 0) is 17.8 Å². The van der Waals surface area contributed by atoms with E-state index in [1.165, 1.54) is 0 Å². The van der Waals surface area contributed by atoms with E-state index in [2.05, 4.69) is 24.3 Å². The lowest BCUT2D eigenvalue weighted by atomic mass is 10.3. The fourth-order valence-corrected chi connectivity index (χ4v) is 1.25. The first-order valence-corrected chi connectivity index (χ1v) is 5.40. The van der Waals surface area contributed by atoms with E-state index in [4.69, 9.17) is 4.74 Å². The summed E-state index contributed by atoms with van der Waals surface area (Å²) in [6.45, 7) is 7.92. The highest BCUT2D eigenvalue weighted by molar-refractivity contribution is 4.98. The van der Waals surface area contributed by atoms with Crippen molar-refractivity contribution >= 4 is 0 Å². The molecule has 1 N–H and O–H groups in total. The first-order chi connectivity index (χ1) is 7.11. The summed E-state index contributed by atoms with van der Waals surface area (Å²) in [6, 6.07) is 2.53. The zero-order chi connectivity index (χ0) is 11.3. The standard InChI is InChI=1S/C11H21N3O/c1-9(2)12-7-11-5-6-14(13-11)8-10(3)15-4/h5-6,9-10,12H,7-8H2,1-4H3. The SMILES string of the molecule is COC(C)Cn1ccc(CNC(C)C)n1. The maximum Gasteiger partial charge on any atom is 0.0762 e. The summed E-state index contributed by atoms with van der Waals surface area (Å²) in [5, 5.41) is 7.78. The molecule has 0 aliphatic carbocycles. The second-order valence-electron chi connectivity index (χ2n) is 4.11. The van der Waals surface area contributed by atoms with E-state index < -0.39 is 0 Å². The number of aromatic nitrogens is 2. The minimum Gasteiger partial charge on any atom is -0.380 e. The van der Waals surface area contributed by atoms with E-state index >= 15 is 0 Å². The highest BCUT2D eigenvalue weighted by Crippen LogP contribution is 1.99. The zero-order valence-electron chi connectivity index (χ0n) is 10.0. The van der Waals surface area contributed by atoms with Crippen LogP contribution in [0.25, 0.3) is 0 Å². The van der Waals surface area contributed by atoms with Crippen molar-refractivity contribution in [1.29, 1.82) is 0 Å². The minimum atomic E-state index is 0.204. The van der Waals surface area contributed by atoms with Crippen LogP contribution in [0, 0.1) is 0 Å². The van der Waals surface area contributed by atoms with Crippen LogP contribution < -0.4 is 5.32 Å². The van der Waals surface area contributed by atoms with Gasteiger partial charge in [-0.15, -0.1) is 0 Å². The Bertz CT molecular complexity index is 283. The Labute approximate surface area is 91.6 Å². The molecule has 0 aliphatic rings. The van der Waals surface area contributed by atoms with Gasteiger partial charge in [0.05, 0.1) is 18.3 Å². The summed E-state index contributed by atoms with van der Waals surface area (Å²) in [5.74, 6) is 0. The predicted octanol–water partition coefficient (Wildman–Crippen LogP) is 1.42. The molecule has 1 unspecified atom stereocenters. The molecule has 1 rings (SSSR count). The molecule has 4 heteroatoms. The highest BCUT2D eigenvalue weighted by Gasteiger charge is 2.03. The Morgan fingerprint density at radius 3 is 2.80 bits per heavy atom. The maximum atomic E-state index is 5.19. The van der Waals surface area contributed by atoms with Crippen LogP contribution >= 0.6 is 0 Å². The number of hydrogen-bond acceptors (Lipinski definition) is 3. The number of nitrogens with zero attached hydrogens (tertiary/aromatic N) is 2. The quantitative estimate of drug-likeness (QED) is 0.773. The molecule has 0 aromatic carbocycles. The van der Waals surface area contributed by atoms with Crippen LogP contribution in [0.5, 0.6) is 0 Å². The van der Waals surface area contributed by atoms with Crippen molar-refractivity contribution in [2.24, 2.45) is 0 Å². The molecule has 0 bridgehead atoms. The molecule has 86 valence electrons. The zero-order valence-corrected chi connectivity index (χ0v) is 10.0. The Morgan fingerprint density at radius 1 is 1.47 bits per heavy atom. The molecule has 0 fully saturated rings. The van der Waals surface area contributed by atoms with E-state index in [-0.39, 0.29) is 6.10 Å². The molecule has 1 heterocycles. The molecule has 4 nitrogen and oxygen atoms in total. The Kier molecular flexibility index (Phi) is 4.78. The summed E-state index contributed by atoms with van der Waals surface area (Å²) in [4.78, 5) is 0. The van der Waals surface area contributed by atoms with E-state index in [1.54, 1.807) is 7.11 Å². The van der Waals surface area contributed by atoms with E-state index in [0.717, 1.165) is 18.8 Å². The van der Waals surface area contributed by atoms with Gasteiger partial charge in [0.15, 0.2) is 0 Å². The van der Waals surface area contributed by atoms with Gasteiger partial charge in [-0.3, -0.25) is 4.68 Å². The third-order valence-corrected chi connectivity index (χ3v) is 2.23. The van der Waals surface area contributed by atoms with Crippen molar-refractivity contribution in [3.63, 3.8) is 0 Å². The van der Waals surface area contributed by atoms with Gasteiger partial charge in [-0.25, -0.2) is 0 Å². The van der Waals surface area contributed by atoms with Crippen LogP contribution in [0.2, 0.25) is 0 Å². The largest absolute Gasteiger partial charge is 0.380 e. The van der Waals surface area contributed by atoms with Crippen LogP contribution in [-0.4, -0.2) is 29.0 Å². The van der Waals surface area contributed by atoms with Crippen LogP contribution in [0.4, 0.5) is 0 Å². The van der Waals surface area contributed by atoms with Crippen molar-refractivity contribution in [1.82, 2.24) is 15.1 Å². The molecule has 15 heavy (non-hydrogen) atoms. The van der Waals surface area contributed by atoms with E-state index in [9.17, 15) is 0 Å². The molecule has 1 aromatic rings. The van der Waals surface area contributed by atoms with Crippen LogP contribution in [0.1, 0.15) is 26.5 Å². The fourth-order valence-electron chi connectivity index (χ4n) is 1.25. The van der Waals surface area contributed by atoms with Crippen molar-refractivity contribution in [2.75, 3.05) is 7.11 Å². The molecule has 1 atom stereocenters. The first kappa shape index (κ1) is 12.2. The molecule has 1 aromatic heterocycles. The first-order valence-electron chi connectivity index (χ1n) is 5.40. The molecule has 0 spiro atoms. The summed E-state index contributed by atoms with van der Waals surface area (Å²) in [7, 11) is 1.72. The monoisotopic (exact) mass is 211 g/mol. The number of ether oxygens (including phenoxy) is 1. The Balaban J connectivity index is 2.42. The average molecular weight is 211 g/mol. The lowest BCUT2D eigenvalue weighted by Gasteiger charge is -2.09. The van der Waals surface area contributed by atoms with Crippen molar-refractivity contribution in [2.45, 2.75) is 46.0 Å². The molecule has 0 amide bonds. The highest BCUT2D eigenvalue weighted by atomic mass is 16.5. The van der Waals surface area contributed by atoms with E-state index in [0.29, 0.717) is 6.04 Å². The lowest BCUT2D eigenvalue weighted by molar-refractivity contribution is 0.0997. The number of nitrogens with one attached hydrogen (secondary N) is 1. The minimum absolute atomic E-state index is 0.204. The van der Waals surface area contributed by atoms with Crippen molar-refractivity contribution in [3.8, 4) is 0 Å². The van der Waals surface area contributed by atoms with Crippen LogP contribution in [0.15, 0.2) is 12.3 Å². The maximum absolute atomic E-state index is 5.19. The summed E-state index contributed by atoms with van der Waals surface area (Å²) in [6.07, 6.45) is 2.20. The second kappa shape index (κ2) is 5.88. The third kappa shape index (κ3) is 4.44. The molecule has 0 radical (unpaired) electrons. The molecular formula is C11H21N3O. The average Bonchev–Trinajstić information content (AvgIpc) is 2.62. The molecular weight excluding hydrogens is 190 g/mol. The summed E-state index contributed by atoms with van der Waals surface area (Å²) < 4.78 is 7.11. The van der Waals surface area contributed by atoms with Crippen molar-refractivity contribution in [3.05, 3.63) is 18.0 Å². The summed E-state index contributed by atoms with van der Waals surface area (Å²) >= 11 is 0. The van der Waals surface area contributed by atoms with Gasteiger partial charge in [0, 0.05) is 25.9 Å². The van der Waals surface area contributed by atoms with Crippen LogP contribution in [0.3, 0.4) is 0 Å². The van der Waals surface area contributed by atoms with Gasteiger partial charge in [-0.05, 0) is 13.0 Å². The van der Waals surface area contributed by atoms with Gasteiger partial charge >= 0.3 is 0 Å². The fraction of sp³-hybridized carbons (Fsp3) is 0.727. The third-order valence-electron chi connectivity index (χ3n) is 2.23. The van der Waals surface area contributed by atoms with Gasteiger partial charge in [0.2, 0.25) is 0 Å². The van der Waals surface area contributed by atoms with Gasteiger partial charge in [-0.1, -0.05) is 13.8 Å². The Hall–Kier alpha value is -0.870.